The summed E-state index contributed by atoms with van der Waals surface area (Å²) in [5, 5.41) is 7.19. The van der Waals surface area contributed by atoms with E-state index in [2.05, 4.69) is 27.8 Å². The molecule has 3 unspecified atom stereocenters. The molecule has 0 bridgehead atoms. The van der Waals surface area contributed by atoms with Crippen molar-refractivity contribution in [1.82, 2.24) is 10.6 Å². The zero-order valence-electron chi connectivity index (χ0n) is 18.1. The van der Waals surface area contributed by atoms with Crippen molar-refractivity contribution >= 4 is 52.3 Å². The molecule has 0 radical (unpaired) electrons. The number of piperidine rings is 1. The van der Waals surface area contributed by atoms with E-state index in [0.29, 0.717) is 24.3 Å². The molecule has 30 heavy (non-hydrogen) atoms. The lowest BCUT2D eigenvalue weighted by Crippen LogP contribution is -2.46. The standard InChI is InChI=1S/C22H34N4O2S.HI/c1-3-29(28)20-8-6-7-18(15-20)25-22(23-2)24-16-17-10-12-19(13-11-17)26-14-5-4-9-21(26)27;/h10-13,18,20H,3-9,14-16H2,1-2H3,(H2,23,24,25);1H. The van der Waals surface area contributed by atoms with Gasteiger partial charge in [-0.25, -0.2) is 0 Å². The number of nitrogens with one attached hydrogen (secondary N) is 2. The Labute approximate surface area is 200 Å². The SMILES string of the molecule is CCS(=O)C1CCCC(NC(=NC)NCc2ccc(N3CCCCC3=O)cc2)C1.I. The highest BCUT2D eigenvalue weighted by molar-refractivity contribution is 14.0. The van der Waals surface area contributed by atoms with Gasteiger partial charge in [-0.2, -0.15) is 0 Å². The van der Waals surface area contributed by atoms with Crippen LogP contribution in [0.2, 0.25) is 0 Å². The third-order valence-corrected chi connectivity index (χ3v) is 7.62. The Kier molecular flexibility index (Phi) is 10.6. The van der Waals surface area contributed by atoms with Crippen LogP contribution in [-0.4, -0.2) is 46.7 Å². The molecule has 1 saturated carbocycles. The number of carbonyl (C=O) groups excluding carboxylic acids is 1. The molecule has 2 N–H and O–H groups in total. The molecule has 168 valence electrons. The lowest BCUT2D eigenvalue weighted by molar-refractivity contribution is -0.119. The molecule has 1 aliphatic carbocycles. The van der Waals surface area contributed by atoms with Crippen LogP contribution in [0.3, 0.4) is 0 Å². The molecule has 1 heterocycles. The minimum atomic E-state index is -0.720. The quantitative estimate of drug-likeness (QED) is 0.325. The van der Waals surface area contributed by atoms with Crippen LogP contribution in [0, 0.1) is 0 Å². The highest BCUT2D eigenvalue weighted by Crippen LogP contribution is 2.23. The largest absolute Gasteiger partial charge is 0.354 e. The number of amides is 1. The van der Waals surface area contributed by atoms with Crippen molar-refractivity contribution in [3.63, 3.8) is 0 Å². The summed E-state index contributed by atoms with van der Waals surface area (Å²) >= 11 is 0. The molecule has 8 heteroatoms. The molecule has 1 aromatic rings. The van der Waals surface area contributed by atoms with E-state index in [4.69, 9.17) is 0 Å². The fraction of sp³-hybridized carbons (Fsp3) is 0.636. The van der Waals surface area contributed by atoms with Crippen molar-refractivity contribution in [2.45, 2.75) is 69.7 Å². The maximum atomic E-state index is 12.2. The number of hydrogen-bond donors (Lipinski definition) is 2. The average molecular weight is 547 g/mol. The van der Waals surface area contributed by atoms with Crippen LogP contribution < -0.4 is 15.5 Å². The first-order valence-corrected chi connectivity index (χ1v) is 12.2. The molecule has 2 fully saturated rings. The molecule has 0 spiro atoms. The molecule has 6 nitrogen and oxygen atoms in total. The monoisotopic (exact) mass is 546 g/mol. The number of aliphatic imine (C=N–C) groups is 1. The van der Waals surface area contributed by atoms with Gasteiger partial charge in [0, 0.05) is 60.1 Å². The molecular weight excluding hydrogens is 511 g/mol. The molecular formula is C22H35IN4O2S. The predicted molar refractivity (Wildman–Crippen MR) is 136 cm³/mol. The Morgan fingerprint density at radius 3 is 2.63 bits per heavy atom. The molecule has 3 atom stereocenters. The zero-order valence-corrected chi connectivity index (χ0v) is 21.2. The molecule has 3 rings (SSSR count). The van der Waals surface area contributed by atoms with E-state index in [9.17, 15) is 9.00 Å². The number of halogens is 1. The van der Waals surface area contributed by atoms with Gasteiger partial charge in [0.25, 0.3) is 0 Å². The van der Waals surface area contributed by atoms with Crippen molar-refractivity contribution in [3.8, 4) is 0 Å². The number of carbonyl (C=O) groups is 1. The van der Waals surface area contributed by atoms with E-state index in [1.54, 1.807) is 7.05 Å². The fourth-order valence-electron chi connectivity index (χ4n) is 4.20. The first-order valence-electron chi connectivity index (χ1n) is 10.8. The Bertz CT molecular complexity index is 741. The Balaban J connectivity index is 0.00000320. The van der Waals surface area contributed by atoms with Crippen LogP contribution in [0.4, 0.5) is 5.69 Å². The third-order valence-electron chi connectivity index (χ3n) is 5.88. The van der Waals surface area contributed by atoms with Crippen LogP contribution in [0.5, 0.6) is 0 Å². The molecule has 1 amide bonds. The second kappa shape index (κ2) is 12.6. The topological polar surface area (TPSA) is 73.8 Å². The first kappa shape index (κ1) is 25.1. The first-order chi connectivity index (χ1) is 14.1. The van der Waals surface area contributed by atoms with Gasteiger partial charge in [0.05, 0.1) is 0 Å². The number of nitrogens with zero attached hydrogens (tertiary/aromatic N) is 2. The van der Waals surface area contributed by atoms with Gasteiger partial charge in [-0.15, -0.1) is 24.0 Å². The summed E-state index contributed by atoms with van der Waals surface area (Å²) in [6.45, 7) is 3.49. The molecule has 1 aromatic carbocycles. The Morgan fingerprint density at radius 2 is 1.97 bits per heavy atom. The van der Waals surface area contributed by atoms with E-state index in [1.165, 1.54) is 0 Å². The smallest absolute Gasteiger partial charge is 0.226 e. The molecule has 2 aliphatic rings. The van der Waals surface area contributed by atoms with Crippen LogP contribution in [0.25, 0.3) is 0 Å². The molecule has 0 aromatic heterocycles. The second-order valence-electron chi connectivity index (χ2n) is 7.89. The summed E-state index contributed by atoms with van der Waals surface area (Å²) < 4.78 is 12.2. The Morgan fingerprint density at radius 1 is 1.20 bits per heavy atom. The summed E-state index contributed by atoms with van der Waals surface area (Å²) in [4.78, 5) is 18.3. The van der Waals surface area contributed by atoms with Crippen LogP contribution in [-0.2, 0) is 22.1 Å². The summed E-state index contributed by atoms with van der Waals surface area (Å²) in [6.07, 6.45) is 6.94. The number of anilines is 1. The van der Waals surface area contributed by atoms with Gasteiger partial charge in [0.2, 0.25) is 5.91 Å². The minimum Gasteiger partial charge on any atom is -0.354 e. The lowest BCUT2D eigenvalue weighted by Gasteiger charge is -2.30. The normalized spacial score (nSPS) is 23.5. The van der Waals surface area contributed by atoms with Crippen LogP contribution in [0.1, 0.15) is 57.4 Å². The number of guanidine groups is 1. The number of hydrogen-bond acceptors (Lipinski definition) is 3. The van der Waals surface area contributed by atoms with E-state index >= 15 is 0 Å². The maximum absolute atomic E-state index is 12.2. The van der Waals surface area contributed by atoms with Gasteiger partial charge in [-0.3, -0.25) is 14.0 Å². The summed E-state index contributed by atoms with van der Waals surface area (Å²) in [5.74, 6) is 1.75. The average Bonchev–Trinajstić information content (AvgIpc) is 2.77. The highest BCUT2D eigenvalue weighted by atomic mass is 127. The van der Waals surface area contributed by atoms with Crippen LogP contribution in [0.15, 0.2) is 29.3 Å². The zero-order chi connectivity index (χ0) is 20.6. The van der Waals surface area contributed by atoms with Crippen molar-refractivity contribution in [1.29, 1.82) is 0 Å². The van der Waals surface area contributed by atoms with Crippen molar-refractivity contribution in [2.24, 2.45) is 4.99 Å². The van der Waals surface area contributed by atoms with E-state index in [0.717, 1.165) is 68.0 Å². The van der Waals surface area contributed by atoms with Crippen molar-refractivity contribution < 1.29 is 9.00 Å². The van der Waals surface area contributed by atoms with E-state index < -0.39 is 10.8 Å². The third kappa shape index (κ3) is 6.93. The van der Waals surface area contributed by atoms with E-state index in [1.807, 2.05) is 24.0 Å². The van der Waals surface area contributed by atoms with Crippen LogP contribution >= 0.6 is 24.0 Å². The molecule has 1 aliphatic heterocycles. The minimum absolute atomic E-state index is 0. The van der Waals surface area contributed by atoms with Gasteiger partial charge in [-0.05, 0) is 49.8 Å². The number of benzene rings is 1. The second-order valence-corrected chi connectivity index (χ2v) is 9.90. The van der Waals surface area contributed by atoms with Gasteiger partial charge in [-0.1, -0.05) is 25.5 Å². The fourth-order valence-corrected chi connectivity index (χ4v) is 5.54. The van der Waals surface area contributed by atoms with Gasteiger partial charge in [0.15, 0.2) is 5.96 Å². The molecule has 1 saturated heterocycles. The van der Waals surface area contributed by atoms with Gasteiger partial charge >= 0.3 is 0 Å². The number of rotatable bonds is 6. The van der Waals surface area contributed by atoms with Crippen molar-refractivity contribution in [2.75, 3.05) is 24.2 Å². The van der Waals surface area contributed by atoms with Gasteiger partial charge in [0.1, 0.15) is 0 Å². The summed E-state index contributed by atoms with van der Waals surface area (Å²) in [5.41, 5.74) is 2.13. The summed E-state index contributed by atoms with van der Waals surface area (Å²) in [6, 6.07) is 8.52. The van der Waals surface area contributed by atoms with Crippen molar-refractivity contribution in [3.05, 3.63) is 29.8 Å². The Hall–Kier alpha value is -1.16. The predicted octanol–water partition coefficient (Wildman–Crippen LogP) is 3.57. The summed E-state index contributed by atoms with van der Waals surface area (Å²) in [7, 11) is 1.06. The van der Waals surface area contributed by atoms with Gasteiger partial charge < -0.3 is 15.5 Å². The lowest BCUT2D eigenvalue weighted by atomic mass is 9.95. The van der Waals surface area contributed by atoms with E-state index in [-0.39, 0.29) is 29.9 Å². The maximum Gasteiger partial charge on any atom is 0.226 e. The highest BCUT2D eigenvalue weighted by Gasteiger charge is 2.26.